The van der Waals surface area contributed by atoms with Crippen LogP contribution in [-0.2, 0) is 0 Å². The van der Waals surface area contributed by atoms with Crippen molar-refractivity contribution in [3.8, 4) is 0 Å². The van der Waals surface area contributed by atoms with E-state index in [0.717, 1.165) is 0 Å². The van der Waals surface area contributed by atoms with Crippen LogP contribution in [0.3, 0.4) is 0 Å². The van der Waals surface area contributed by atoms with Crippen molar-refractivity contribution in [2.75, 3.05) is 17.7 Å². The van der Waals surface area contributed by atoms with Crippen molar-refractivity contribution in [3.63, 3.8) is 0 Å². The van der Waals surface area contributed by atoms with Crippen molar-refractivity contribution >= 4 is 23.5 Å². The SMILES string of the molecule is CN(c1nc(N)nc(Cl)n1)C1CCC1. The van der Waals surface area contributed by atoms with Gasteiger partial charge in [0.15, 0.2) is 0 Å². The molecule has 0 aromatic carbocycles. The number of aromatic nitrogens is 3. The third-order valence-electron chi connectivity index (χ3n) is 2.55. The lowest BCUT2D eigenvalue weighted by molar-refractivity contribution is 0.397. The molecule has 1 fully saturated rings. The number of rotatable bonds is 2. The quantitative estimate of drug-likeness (QED) is 0.797. The van der Waals surface area contributed by atoms with Crippen LogP contribution in [0.5, 0.6) is 0 Å². The molecule has 1 aliphatic rings. The normalized spacial score (nSPS) is 16.4. The second-order valence-corrected chi connectivity index (χ2v) is 3.80. The fourth-order valence-corrected chi connectivity index (χ4v) is 1.61. The van der Waals surface area contributed by atoms with Gasteiger partial charge in [-0.1, -0.05) is 0 Å². The Kier molecular flexibility index (Phi) is 2.41. The van der Waals surface area contributed by atoms with Crippen LogP contribution in [0.2, 0.25) is 5.28 Å². The van der Waals surface area contributed by atoms with E-state index in [1.165, 1.54) is 19.3 Å². The Bertz CT molecular complexity index is 318. The van der Waals surface area contributed by atoms with Crippen LogP contribution in [0.15, 0.2) is 0 Å². The third kappa shape index (κ3) is 1.72. The molecule has 0 unspecified atom stereocenters. The highest BCUT2D eigenvalue weighted by Crippen LogP contribution is 2.26. The number of nitrogens with two attached hydrogens (primary N) is 1. The lowest BCUT2D eigenvalue weighted by Crippen LogP contribution is -2.38. The van der Waals surface area contributed by atoms with Gasteiger partial charge in [-0.15, -0.1) is 0 Å². The lowest BCUT2D eigenvalue weighted by Gasteiger charge is -2.34. The van der Waals surface area contributed by atoms with Crippen LogP contribution in [-0.4, -0.2) is 28.0 Å². The number of halogens is 1. The molecular formula is C8H12ClN5. The van der Waals surface area contributed by atoms with E-state index in [0.29, 0.717) is 12.0 Å². The van der Waals surface area contributed by atoms with Gasteiger partial charge in [0.2, 0.25) is 17.2 Å². The van der Waals surface area contributed by atoms with Gasteiger partial charge in [-0.2, -0.15) is 15.0 Å². The van der Waals surface area contributed by atoms with Crippen LogP contribution in [0, 0.1) is 0 Å². The van der Waals surface area contributed by atoms with Crippen molar-refractivity contribution in [1.29, 1.82) is 0 Å². The third-order valence-corrected chi connectivity index (χ3v) is 2.72. The zero-order valence-electron chi connectivity index (χ0n) is 7.94. The molecule has 0 spiro atoms. The number of hydrogen-bond acceptors (Lipinski definition) is 5. The maximum Gasteiger partial charge on any atom is 0.231 e. The molecule has 6 heteroatoms. The topological polar surface area (TPSA) is 67.9 Å². The second kappa shape index (κ2) is 3.57. The first-order valence-electron chi connectivity index (χ1n) is 4.56. The molecule has 14 heavy (non-hydrogen) atoms. The summed E-state index contributed by atoms with van der Waals surface area (Å²) in [6.07, 6.45) is 3.63. The summed E-state index contributed by atoms with van der Waals surface area (Å²) < 4.78 is 0. The van der Waals surface area contributed by atoms with E-state index < -0.39 is 0 Å². The van der Waals surface area contributed by atoms with E-state index in [-0.39, 0.29) is 11.2 Å². The smallest absolute Gasteiger partial charge is 0.231 e. The van der Waals surface area contributed by atoms with Crippen molar-refractivity contribution in [3.05, 3.63) is 5.28 Å². The Morgan fingerprint density at radius 3 is 2.57 bits per heavy atom. The average molecular weight is 214 g/mol. The molecule has 5 nitrogen and oxygen atoms in total. The van der Waals surface area contributed by atoms with Gasteiger partial charge in [-0.05, 0) is 30.9 Å². The summed E-state index contributed by atoms with van der Waals surface area (Å²) in [5, 5.41) is 0.152. The summed E-state index contributed by atoms with van der Waals surface area (Å²) in [4.78, 5) is 13.8. The zero-order valence-corrected chi connectivity index (χ0v) is 8.70. The van der Waals surface area contributed by atoms with Crippen LogP contribution in [0.1, 0.15) is 19.3 Å². The summed E-state index contributed by atoms with van der Waals surface area (Å²) in [5.41, 5.74) is 5.48. The molecule has 0 atom stereocenters. The minimum atomic E-state index is 0.152. The summed E-state index contributed by atoms with van der Waals surface area (Å²) in [6, 6.07) is 0.521. The van der Waals surface area contributed by atoms with Gasteiger partial charge in [0.25, 0.3) is 0 Å². The molecular weight excluding hydrogens is 202 g/mol. The fourth-order valence-electron chi connectivity index (χ4n) is 1.45. The Morgan fingerprint density at radius 2 is 2.07 bits per heavy atom. The molecule has 0 bridgehead atoms. The maximum atomic E-state index is 5.69. The van der Waals surface area contributed by atoms with Gasteiger partial charge in [0.05, 0.1) is 0 Å². The molecule has 0 amide bonds. The van der Waals surface area contributed by atoms with E-state index in [1.54, 1.807) is 0 Å². The van der Waals surface area contributed by atoms with Crippen LogP contribution < -0.4 is 10.6 Å². The summed E-state index contributed by atoms with van der Waals surface area (Å²) in [7, 11) is 1.95. The standard InChI is InChI=1S/C8H12ClN5/c1-14(5-3-2-4-5)8-12-6(9)11-7(10)13-8/h5H,2-4H2,1H3,(H2,10,11,12,13). The molecule has 2 N–H and O–H groups in total. The predicted molar refractivity (Wildman–Crippen MR) is 55.3 cm³/mol. The Labute approximate surface area is 87.3 Å². The van der Waals surface area contributed by atoms with Gasteiger partial charge < -0.3 is 10.6 Å². The molecule has 0 radical (unpaired) electrons. The molecule has 1 aliphatic carbocycles. The Morgan fingerprint density at radius 1 is 1.36 bits per heavy atom. The molecule has 0 aliphatic heterocycles. The van der Waals surface area contributed by atoms with E-state index in [1.807, 2.05) is 11.9 Å². The van der Waals surface area contributed by atoms with Crippen LogP contribution >= 0.6 is 11.6 Å². The minimum Gasteiger partial charge on any atom is -0.368 e. The zero-order chi connectivity index (χ0) is 10.1. The van der Waals surface area contributed by atoms with Gasteiger partial charge in [-0.25, -0.2) is 0 Å². The number of nitrogen functional groups attached to an aromatic ring is 1. The monoisotopic (exact) mass is 213 g/mol. The molecule has 2 rings (SSSR count). The highest BCUT2D eigenvalue weighted by molar-refractivity contribution is 6.28. The number of hydrogen-bond donors (Lipinski definition) is 1. The largest absolute Gasteiger partial charge is 0.368 e. The number of nitrogens with zero attached hydrogens (tertiary/aromatic N) is 4. The first kappa shape index (κ1) is 9.45. The van der Waals surface area contributed by atoms with Crippen molar-refractivity contribution in [2.45, 2.75) is 25.3 Å². The summed E-state index contributed by atoms with van der Waals surface area (Å²) >= 11 is 5.69. The van der Waals surface area contributed by atoms with E-state index >= 15 is 0 Å². The van der Waals surface area contributed by atoms with Crippen molar-refractivity contribution in [2.24, 2.45) is 0 Å². The number of anilines is 2. The van der Waals surface area contributed by atoms with E-state index in [2.05, 4.69) is 15.0 Å². The summed E-state index contributed by atoms with van der Waals surface area (Å²) in [5.74, 6) is 0.735. The molecule has 1 aromatic heterocycles. The second-order valence-electron chi connectivity index (χ2n) is 3.46. The van der Waals surface area contributed by atoms with Gasteiger partial charge in [0.1, 0.15) is 0 Å². The average Bonchev–Trinajstić information content (AvgIpc) is 1.98. The molecule has 0 saturated heterocycles. The fraction of sp³-hybridized carbons (Fsp3) is 0.625. The van der Waals surface area contributed by atoms with Gasteiger partial charge >= 0.3 is 0 Å². The Balaban J connectivity index is 2.21. The predicted octanol–water partition coefficient (Wildman–Crippen LogP) is 1.10. The van der Waals surface area contributed by atoms with Gasteiger partial charge in [-0.3, -0.25) is 0 Å². The Hall–Kier alpha value is -1.10. The highest BCUT2D eigenvalue weighted by atomic mass is 35.5. The van der Waals surface area contributed by atoms with Crippen molar-refractivity contribution < 1.29 is 0 Å². The highest BCUT2D eigenvalue weighted by Gasteiger charge is 2.24. The van der Waals surface area contributed by atoms with Crippen molar-refractivity contribution in [1.82, 2.24) is 15.0 Å². The molecule has 1 heterocycles. The van der Waals surface area contributed by atoms with E-state index in [4.69, 9.17) is 17.3 Å². The first-order valence-corrected chi connectivity index (χ1v) is 4.94. The molecule has 1 saturated carbocycles. The minimum absolute atomic E-state index is 0.152. The van der Waals surface area contributed by atoms with Gasteiger partial charge in [0, 0.05) is 13.1 Å². The summed E-state index contributed by atoms with van der Waals surface area (Å²) in [6.45, 7) is 0. The molecule has 1 aromatic rings. The maximum absolute atomic E-state index is 5.69. The van der Waals surface area contributed by atoms with Crippen LogP contribution in [0.25, 0.3) is 0 Å². The van der Waals surface area contributed by atoms with E-state index in [9.17, 15) is 0 Å². The first-order chi connectivity index (χ1) is 6.66. The van der Waals surface area contributed by atoms with Crippen LogP contribution in [0.4, 0.5) is 11.9 Å². The lowest BCUT2D eigenvalue weighted by atomic mass is 9.92. The molecule has 76 valence electrons.